The maximum atomic E-state index is 13.2. The van der Waals surface area contributed by atoms with Gasteiger partial charge < -0.3 is 19.9 Å². The zero-order valence-corrected chi connectivity index (χ0v) is 20.3. The van der Waals surface area contributed by atoms with Gasteiger partial charge in [0.15, 0.2) is 0 Å². The van der Waals surface area contributed by atoms with Crippen LogP contribution < -0.4 is 10.5 Å². The second-order valence-electron chi connectivity index (χ2n) is 8.73. The van der Waals surface area contributed by atoms with Gasteiger partial charge in [-0.05, 0) is 53.4 Å². The summed E-state index contributed by atoms with van der Waals surface area (Å²) in [5, 5.41) is 5.98. The molecule has 3 aromatic carbocycles. The van der Waals surface area contributed by atoms with E-state index in [4.69, 9.17) is 26.8 Å². The minimum absolute atomic E-state index is 0.124. The molecule has 11 heteroatoms. The number of halogens is 4. The molecule has 0 bridgehead atoms. The van der Waals surface area contributed by atoms with Gasteiger partial charge in [0.05, 0.1) is 12.2 Å². The Labute approximate surface area is 215 Å². The summed E-state index contributed by atoms with van der Waals surface area (Å²) in [4.78, 5) is 6.41. The zero-order valence-electron chi connectivity index (χ0n) is 19.6. The van der Waals surface area contributed by atoms with Crippen LogP contribution in [0.2, 0.25) is 0 Å². The molecule has 1 aliphatic rings. The van der Waals surface area contributed by atoms with Crippen LogP contribution in [-0.2, 0) is 12.6 Å². The van der Waals surface area contributed by atoms with Crippen molar-refractivity contribution in [3.05, 3.63) is 77.7 Å². The number of hydrogen-bond acceptors (Lipinski definition) is 5. The predicted molar refractivity (Wildman–Crippen MR) is 134 cm³/mol. The molecule has 0 spiro atoms. The number of hydrogen-bond donors (Lipinski definition) is 1. The monoisotopic (exact) mass is 529 g/mol. The van der Waals surface area contributed by atoms with Gasteiger partial charge in [-0.15, -0.1) is 4.51 Å². The summed E-state index contributed by atoms with van der Waals surface area (Å²) in [5.41, 5.74) is 6.23. The fraction of sp³-hybridized carbons (Fsp3) is 0.269. The summed E-state index contributed by atoms with van der Waals surface area (Å²) in [6, 6.07) is 16.6. The average molecular weight is 530 g/mol. The summed E-state index contributed by atoms with van der Waals surface area (Å²) in [6.45, 7) is 0.832. The van der Waals surface area contributed by atoms with Crippen molar-refractivity contribution >= 4 is 28.5 Å². The summed E-state index contributed by atoms with van der Waals surface area (Å²) in [6.07, 6.45) is -2.53. The van der Waals surface area contributed by atoms with Crippen molar-refractivity contribution in [3.8, 4) is 17.1 Å². The first-order valence-electron chi connectivity index (χ1n) is 11.7. The minimum Gasteiger partial charge on any atom is -0.493 e. The van der Waals surface area contributed by atoms with E-state index in [9.17, 15) is 13.2 Å². The van der Waals surface area contributed by atoms with Crippen molar-refractivity contribution < 1.29 is 22.4 Å². The molecule has 1 atom stereocenters. The Morgan fingerprint density at radius 2 is 1.92 bits per heavy atom. The number of nitrogens with two attached hydrogens (primary N) is 1. The summed E-state index contributed by atoms with van der Waals surface area (Å²) in [5.74, 6) is 1.70. The standard InChI is InChI=1S/C26H23ClF3N5O2/c27-33-25(31)35-12-3-6-22(35)24-32-23(34-37-24)19-8-7-18-15-20(10-9-17(18)14-19)36-13-11-16-4-1-2-5-21(16)26(28,29)30/h1-2,4-5,7-10,14-15,22H,3,6,11-13H2,(H2,31,33)/t22-/m0/s1. The molecule has 1 aromatic heterocycles. The molecule has 192 valence electrons. The lowest BCUT2D eigenvalue weighted by atomic mass is 10.0. The van der Waals surface area contributed by atoms with Crippen molar-refractivity contribution in [2.24, 2.45) is 10.2 Å². The van der Waals surface area contributed by atoms with Crippen molar-refractivity contribution in [1.29, 1.82) is 0 Å². The number of aromatic nitrogens is 2. The second kappa shape index (κ2) is 10.3. The van der Waals surface area contributed by atoms with Crippen LogP contribution in [0.1, 0.15) is 35.9 Å². The molecule has 0 amide bonds. The fourth-order valence-electron chi connectivity index (χ4n) is 4.58. The molecule has 1 fully saturated rings. The van der Waals surface area contributed by atoms with E-state index in [1.165, 1.54) is 12.1 Å². The molecule has 0 saturated carbocycles. The normalized spacial score (nSPS) is 16.5. The third kappa shape index (κ3) is 5.34. The zero-order chi connectivity index (χ0) is 26.0. The minimum atomic E-state index is -4.39. The summed E-state index contributed by atoms with van der Waals surface area (Å²) in [7, 11) is 0. The van der Waals surface area contributed by atoms with Crippen LogP contribution in [0.3, 0.4) is 0 Å². The number of alkyl halides is 3. The third-order valence-electron chi connectivity index (χ3n) is 6.39. The highest BCUT2D eigenvalue weighted by molar-refractivity contribution is 6.19. The van der Waals surface area contributed by atoms with E-state index in [1.807, 2.05) is 35.2 Å². The highest BCUT2D eigenvalue weighted by atomic mass is 35.5. The van der Waals surface area contributed by atoms with Gasteiger partial charge in [-0.2, -0.15) is 18.2 Å². The van der Waals surface area contributed by atoms with Crippen LogP contribution in [0.25, 0.3) is 22.2 Å². The van der Waals surface area contributed by atoms with Gasteiger partial charge in [0.2, 0.25) is 17.7 Å². The van der Waals surface area contributed by atoms with E-state index in [0.29, 0.717) is 24.0 Å². The van der Waals surface area contributed by atoms with Gasteiger partial charge >= 0.3 is 6.18 Å². The Kier molecular flexibility index (Phi) is 6.92. The smallest absolute Gasteiger partial charge is 0.416 e. The molecule has 7 nitrogen and oxygen atoms in total. The molecule has 0 radical (unpaired) electrons. The van der Waals surface area contributed by atoms with Gasteiger partial charge in [0.25, 0.3) is 0 Å². The van der Waals surface area contributed by atoms with Crippen LogP contribution in [0, 0.1) is 0 Å². The van der Waals surface area contributed by atoms with Crippen LogP contribution in [0.4, 0.5) is 13.2 Å². The molecular weight excluding hydrogens is 507 g/mol. The number of nitrogens with zero attached hydrogens (tertiary/aromatic N) is 4. The lowest BCUT2D eigenvalue weighted by Gasteiger charge is -2.21. The number of guanidine groups is 1. The lowest BCUT2D eigenvalue weighted by Crippen LogP contribution is -2.36. The number of benzene rings is 3. The largest absolute Gasteiger partial charge is 0.493 e. The Balaban J connectivity index is 1.28. The molecule has 0 unspecified atom stereocenters. The SMILES string of the molecule is NC(=NCl)N1CCC[C@H]1c1nc(-c2ccc3cc(OCCc4ccccc4C(F)(F)F)ccc3c2)no1. The maximum absolute atomic E-state index is 13.2. The van der Waals surface area contributed by atoms with Crippen LogP contribution in [0.5, 0.6) is 5.75 Å². The van der Waals surface area contributed by atoms with Crippen LogP contribution in [0.15, 0.2) is 69.7 Å². The second-order valence-corrected chi connectivity index (χ2v) is 8.90. The average Bonchev–Trinajstić information content (AvgIpc) is 3.58. The topological polar surface area (TPSA) is 89.8 Å². The number of likely N-dealkylation sites (tertiary alicyclic amines) is 1. The van der Waals surface area contributed by atoms with Gasteiger partial charge in [-0.3, -0.25) is 0 Å². The molecule has 1 saturated heterocycles. The highest BCUT2D eigenvalue weighted by Gasteiger charge is 2.33. The molecule has 1 aliphatic heterocycles. The molecule has 5 rings (SSSR count). The van der Waals surface area contributed by atoms with Gasteiger partial charge in [-0.1, -0.05) is 41.6 Å². The Hall–Kier alpha value is -3.79. The predicted octanol–water partition coefficient (Wildman–Crippen LogP) is 6.14. The first-order valence-corrected chi connectivity index (χ1v) is 12.0. The number of rotatable bonds is 6. The van der Waals surface area contributed by atoms with Crippen LogP contribution >= 0.6 is 11.8 Å². The molecule has 2 N–H and O–H groups in total. The van der Waals surface area contributed by atoms with Crippen molar-refractivity contribution in [2.45, 2.75) is 31.5 Å². The molecule has 0 aliphatic carbocycles. The third-order valence-corrected chi connectivity index (χ3v) is 6.57. The first-order chi connectivity index (χ1) is 17.8. The number of ether oxygens (including phenoxy) is 1. The van der Waals surface area contributed by atoms with Gasteiger partial charge in [-0.25, -0.2) is 0 Å². The Morgan fingerprint density at radius 3 is 2.73 bits per heavy atom. The lowest BCUT2D eigenvalue weighted by molar-refractivity contribution is -0.138. The van der Waals surface area contributed by atoms with Gasteiger partial charge in [0, 0.05) is 30.3 Å². The molecule has 37 heavy (non-hydrogen) atoms. The van der Waals surface area contributed by atoms with Crippen molar-refractivity contribution in [2.75, 3.05) is 13.2 Å². The fourth-order valence-corrected chi connectivity index (χ4v) is 4.68. The van der Waals surface area contributed by atoms with Crippen LogP contribution in [-0.4, -0.2) is 34.2 Å². The van der Waals surface area contributed by atoms with E-state index < -0.39 is 11.7 Å². The molecule has 4 aromatic rings. The summed E-state index contributed by atoms with van der Waals surface area (Å²) < 4.78 is 54.4. The van der Waals surface area contributed by atoms with E-state index in [0.717, 1.165) is 35.2 Å². The Bertz CT molecular complexity index is 1440. The molecule has 2 heterocycles. The quantitative estimate of drug-likeness (QED) is 0.238. The maximum Gasteiger partial charge on any atom is 0.416 e. The van der Waals surface area contributed by atoms with Crippen molar-refractivity contribution in [1.82, 2.24) is 15.0 Å². The Morgan fingerprint density at radius 1 is 1.14 bits per heavy atom. The summed E-state index contributed by atoms with van der Waals surface area (Å²) >= 11 is 5.54. The van der Waals surface area contributed by atoms with Crippen molar-refractivity contribution in [3.63, 3.8) is 0 Å². The molecular formula is C26H23ClF3N5O2. The van der Waals surface area contributed by atoms with E-state index >= 15 is 0 Å². The first kappa shape index (κ1) is 24.9. The highest BCUT2D eigenvalue weighted by Crippen LogP contribution is 2.34. The van der Waals surface area contributed by atoms with E-state index in [-0.39, 0.29) is 30.6 Å². The van der Waals surface area contributed by atoms with E-state index in [1.54, 1.807) is 12.1 Å². The van der Waals surface area contributed by atoms with E-state index in [2.05, 4.69) is 14.7 Å². The van der Waals surface area contributed by atoms with Gasteiger partial charge in [0.1, 0.15) is 11.8 Å². The number of fused-ring (bicyclic) bond motifs is 1.